The van der Waals surface area contributed by atoms with Gasteiger partial charge in [0.25, 0.3) is 5.56 Å². The lowest BCUT2D eigenvalue weighted by Crippen LogP contribution is -2.37. The number of morpholine rings is 1. The van der Waals surface area contributed by atoms with Crippen molar-refractivity contribution in [2.75, 3.05) is 43.3 Å². The average molecular weight is 331 g/mol. The van der Waals surface area contributed by atoms with E-state index in [0.29, 0.717) is 24.7 Å². The van der Waals surface area contributed by atoms with Crippen molar-refractivity contribution in [1.82, 2.24) is 25.2 Å². The lowest BCUT2D eigenvalue weighted by molar-refractivity contribution is 0.122. The highest BCUT2D eigenvalue weighted by Gasteiger charge is 2.16. The van der Waals surface area contributed by atoms with Crippen LogP contribution in [0.25, 0.3) is 5.82 Å². The first kappa shape index (κ1) is 16.2. The summed E-state index contributed by atoms with van der Waals surface area (Å²) in [6.45, 7) is 4.78. The average Bonchev–Trinajstić information content (AvgIpc) is 3.02. The molecule has 3 rings (SSSR count). The zero-order chi connectivity index (χ0) is 16.9. The summed E-state index contributed by atoms with van der Waals surface area (Å²) in [4.78, 5) is 23.3. The van der Waals surface area contributed by atoms with Crippen LogP contribution in [0.5, 0.6) is 0 Å². The molecule has 0 bridgehead atoms. The Kier molecular flexibility index (Phi) is 4.92. The molecule has 1 saturated heterocycles. The van der Waals surface area contributed by atoms with Crippen molar-refractivity contribution in [3.05, 3.63) is 41.2 Å². The number of ether oxygens (including phenoxy) is 1. The molecular weight excluding hydrogens is 310 g/mol. The van der Waals surface area contributed by atoms with E-state index in [9.17, 15) is 4.79 Å². The van der Waals surface area contributed by atoms with E-state index in [1.807, 2.05) is 13.0 Å². The maximum atomic E-state index is 12.7. The Balaban J connectivity index is 1.92. The van der Waals surface area contributed by atoms with Crippen molar-refractivity contribution in [3.8, 4) is 5.82 Å². The van der Waals surface area contributed by atoms with Crippen LogP contribution in [0.15, 0.2) is 35.7 Å². The molecule has 0 aromatic carbocycles. The molecule has 3 heterocycles. The standard InChI is InChI=1S/C15H21N7O2/c1-3-4-21(16-2)12-10-19-22(15(12)23)14-9-13(17-11-18-14)20-5-7-24-8-6-20/h3-4,9-11,16,19H,5-8H2,1-2H3/b4-3-. The normalized spacial score (nSPS) is 15.2. The molecule has 0 unspecified atom stereocenters. The summed E-state index contributed by atoms with van der Waals surface area (Å²) in [6, 6.07) is 1.80. The van der Waals surface area contributed by atoms with Gasteiger partial charge < -0.3 is 9.64 Å². The first-order valence-corrected chi connectivity index (χ1v) is 7.79. The van der Waals surface area contributed by atoms with Crippen molar-refractivity contribution in [3.63, 3.8) is 0 Å². The van der Waals surface area contributed by atoms with Gasteiger partial charge in [0.2, 0.25) is 0 Å². The Morgan fingerprint density at radius 3 is 2.79 bits per heavy atom. The summed E-state index contributed by atoms with van der Waals surface area (Å²) in [7, 11) is 1.75. The Morgan fingerprint density at radius 2 is 2.08 bits per heavy atom. The third-order valence-electron chi connectivity index (χ3n) is 3.75. The van der Waals surface area contributed by atoms with Gasteiger partial charge in [-0.3, -0.25) is 14.9 Å². The van der Waals surface area contributed by atoms with Crippen molar-refractivity contribution in [2.45, 2.75) is 6.92 Å². The van der Waals surface area contributed by atoms with Gasteiger partial charge in [0, 0.05) is 38.6 Å². The summed E-state index contributed by atoms with van der Waals surface area (Å²) in [5.74, 6) is 1.28. The van der Waals surface area contributed by atoms with E-state index in [0.717, 1.165) is 18.9 Å². The third kappa shape index (κ3) is 3.17. The molecule has 2 aromatic rings. The monoisotopic (exact) mass is 331 g/mol. The number of hydrogen-bond donors (Lipinski definition) is 2. The lowest BCUT2D eigenvalue weighted by atomic mass is 10.4. The molecule has 0 atom stereocenters. The Morgan fingerprint density at radius 1 is 1.33 bits per heavy atom. The van der Waals surface area contributed by atoms with Crippen LogP contribution in [0.4, 0.5) is 11.5 Å². The van der Waals surface area contributed by atoms with E-state index >= 15 is 0 Å². The highest BCUT2D eigenvalue weighted by Crippen LogP contribution is 2.15. The molecule has 2 aromatic heterocycles. The molecule has 0 radical (unpaired) electrons. The number of aromatic nitrogens is 4. The predicted octanol–water partition coefficient (Wildman–Crippen LogP) is 0.267. The molecule has 2 N–H and O–H groups in total. The quantitative estimate of drug-likeness (QED) is 0.760. The number of allylic oxidation sites excluding steroid dienone is 1. The number of hydrogen-bond acceptors (Lipinski definition) is 7. The highest BCUT2D eigenvalue weighted by atomic mass is 16.5. The number of H-pyrrole nitrogens is 1. The minimum Gasteiger partial charge on any atom is -0.378 e. The molecule has 1 fully saturated rings. The first-order chi connectivity index (χ1) is 11.7. The minimum atomic E-state index is -0.200. The number of rotatable bonds is 5. The topological polar surface area (TPSA) is 91.3 Å². The highest BCUT2D eigenvalue weighted by molar-refractivity contribution is 5.48. The molecular formula is C15H21N7O2. The van der Waals surface area contributed by atoms with Gasteiger partial charge in [-0.2, -0.15) is 4.68 Å². The van der Waals surface area contributed by atoms with E-state index in [-0.39, 0.29) is 5.56 Å². The summed E-state index contributed by atoms with van der Waals surface area (Å²) in [5, 5.41) is 4.59. The Bertz CT molecular complexity index is 761. The Hall–Kier alpha value is -2.65. The second-order valence-electron chi connectivity index (χ2n) is 5.21. The molecule has 0 amide bonds. The number of nitrogens with one attached hydrogen (secondary N) is 2. The second kappa shape index (κ2) is 7.28. The summed E-state index contributed by atoms with van der Waals surface area (Å²) in [6.07, 6.45) is 6.72. The van der Waals surface area contributed by atoms with Crippen molar-refractivity contribution in [1.29, 1.82) is 0 Å². The van der Waals surface area contributed by atoms with Gasteiger partial charge in [0.15, 0.2) is 5.82 Å². The molecule has 9 nitrogen and oxygen atoms in total. The minimum absolute atomic E-state index is 0.200. The molecule has 128 valence electrons. The fourth-order valence-corrected chi connectivity index (χ4v) is 2.55. The van der Waals surface area contributed by atoms with E-state index in [1.54, 1.807) is 30.5 Å². The van der Waals surface area contributed by atoms with Crippen LogP contribution >= 0.6 is 0 Å². The van der Waals surface area contributed by atoms with E-state index in [1.165, 1.54) is 11.0 Å². The van der Waals surface area contributed by atoms with Gasteiger partial charge >= 0.3 is 0 Å². The second-order valence-corrected chi connectivity index (χ2v) is 5.21. The van der Waals surface area contributed by atoms with E-state index < -0.39 is 0 Å². The maximum Gasteiger partial charge on any atom is 0.297 e. The van der Waals surface area contributed by atoms with Gasteiger partial charge in [0.05, 0.1) is 13.2 Å². The molecule has 0 spiro atoms. The fraction of sp³-hybridized carbons (Fsp3) is 0.400. The summed E-state index contributed by atoms with van der Waals surface area (Å²) < 4.78 is 6.75. The van der Waals surface area contributed by atoms with Crippen molar-refractivity contribution in [2.24, 2.45) is 0 Å². The smallest absolute Gasteiger partial charge is 0.297 e. The lowest BCUT2D eigenvalue weighted by Gasteiger charge is -2.27. The first-order valence-electron chi connectivity index (χ1n) is 7.79. The largest absolute Gasteiger partial charge is 0.378 e. The van der Waals surface area contributed by atoms with Crippen LogP contribution < -0.4 is 20.9 Å². The molecule has 24 heavy (non-hydrogen) atoms. The predicted molar refractivity (Wildman–Crippen MR) is 91.4 cm³/mol. The summed E-state index contributed by atoms with van der Waals surface area (Å²) in [5.41, 5.74) is 3.22. The van der Waals surface area contributed by atoms with Crippen LogP contribution in [0, 0.1) is 0 Å². The SMILES string of the molecule is C/C=C\N(NC)c1c[nH]n(-c2cc(N3CCOCC3)ncn2)c1=O. The molecule has 0 saturated carbocycles. The number of hydrazine groups is 1. The maximum absolute atomic E-state index is 12.7. The number of anilines is 2. The Labute approximate surface area is 139 Å². The third-order valence-corrected chi connectivity index (χ3v) is 3.75. The molecule has 1 aliphatic rings. The fourth-order valence-electron chi connectivity index (χ4n) is 2.55. The van der Waals surface area contributed by atoms with Gasteiger partial charge in [-0.1, -0.05) is 6.08 Å². The van der Waals surface area contributed by atoms with Gasteiger partial charge in [-0.25, -0.2) is 15.4 Å². The van der Waals surface area contributed by atoms with Crippen LogP contribution in [0.3, 0.4) is 0 Å². The van der Waals surface area contributed by atoms with E-state index in [2.05, 4.69) is 25.4 Å². The van der Waals surface area contributed by atoms with Crippen LogP contribution in [0.1, 0.15) is 6.92 Å². The molecule has 9 heteroatoms. The zero-order valence-electron chi connectivity index (χ0n) is 13.8. The van der Waals surface area contributed by atoms with Gasteiger partial charge in [-0.15, -0.1) is 0 Å². The molecule has 1 aliphatic heterocycles. The zero-order valence-corrected chi connectivity index (χ0v) is 13.8. The number of nitrogens with zero attached hydrogens (tertiary/aromatic N) is 5. The van der Waals surface area contributed by atoms with Crippen LogP contribution in [0.2, 0.25) is 0 Å². The van der Waals surface area contributed by atoms with E-state index in [4.69, 9.17) is 4.74 Å². The molecule has 0 aliphatic carbocycles. The van der Waals surface area contributed by atoms with Gasteiger partial charge in [-0.05, 0) is 6.92 Å². The van der Waals surface area contributed by atoms with Crippen LogP contribution in [-0.2, 0) is 4.74 Å². The van der Waals surface area contributed by atoms with Crippen LogP contribution in [-0.4, -0.2) is 53.1 Å². The number of aromatic amines is 1. The van der Waals surface area contributed by atoms with Crippen molar-refractivity contribution >= 4 is 11.5 Å². The van der Waals surface area contributed by atoms with Gasteiger partial charge in [0.1, 0.15) is 17.8 Å². The van der Waals surface area contributed by atoms with Crippen molar-refractivity contribution < 1.29 is 4.74 Å². The summed E-state index contributed by atoms with van der Waals surface area (Å²) >= 11 is 0.